The van der Waals surface area contributed by atoms with Crippen LogP contribution in [0.1, 0.15) is 109 Å². The molecule has 1 aromatic carbocycles. The van der Waals surface area contributed by atoms with Gasteiger partial charge >= 0.3 is 22.4 Å². The van der Waals surface area contributed by atoms with Crippen LogP contribution in [0.4, 0.5) is 9.59 Å². The van der Waals surface area contributed by atoms with Crippen molar-refractivity contribution in [3.8, 4) is 0 Å². The van der Waals surface area contributed by atoms with Gasteiger partial charge in [0.25, 0.3) is 5.91 Å². The number of fused-ring (bicyclic) bond motifs is 3. The molecule has 54 heavy (non-hydrogen) atoms. The van der Waals surface area contributed by atoms with E-state index in [4.69, 9.17) is 9.47 Å². The Bertz CT molecular complexity index is 1710. The topological polar surface area (TPSA) is 193 Å². The summed E-state index contributed by atoms with van der Waals surface area (Å²) in [5.74, 6) is -2.58. The quantitative estimate of drug-likeness (QED) is 0.313. The summed E-state index contributed by atoms with van der Waals surface area (Å²) >= 11 is 0. The number of ether oxygens (including phenoxy) is 2. The molecule has 16 heteroatoms. The molecule has 5 aliphatic rings. The van der Waals surface area contributed by atoms with Crippen molar-refractivity contribution in [2.75, 3.05) is 6.54 Å². The van der Waals surface area contributed by atoms with E-state index in [2.05, 4.69) is 20.1 Å². The van der Waals surface area contributed by atoms with Gasteiger partial charge in [0.2, 0.25) is 11.8 Å². The maximum Gasteiger partial charge on any atom is 0.410 e. The van der Waals surface area contributed by atoms with Gasteiger partial charge in [-0.25, -0.2) is 14.3 Å². The third-order valence-corrected chi connectivity index (χ3v) is 12.0. The van der Waals surface area contributed by atoms with Crippen LogP contribution in [-0.2, 0) is 47.2 Å². The second kappa shape index (κ2) is 16.3. The van der Waals surface area contributed by atoms with Crippen molar-refractivity contribution in [1.29, 1.82) is 0 Å². The summed E-state index contributed by atoms with van der Waals surface area (Å²) in [5, 5.41) is 5.54. The van der Waals surface area contributed by atoms with Gasteiger partial charge < -0.3 is 25.0 Å². The van der Waals surface area contributed by atoms with Gasteiger partial charge in [0.15, 0.2) is 0 Å². The molecule has 0 bridgehead atoms. The number of hydrogen-bond acceptors (Lipinski definition) is 9. The molecule has 5 amide bonds. The lowest BCUT2D eigenvalue weighted by Gasteiger charge is -2.30. The van der Waals surface area contributed by atoms with Gasteiger partial charge in [0.1, 0.15) is 29.3 Å². The lowest BCUT2D eigenvalue weighted by atomic mass is 9.96. The normalized spacial score (nSPS) is 28.1. The van der Waals surface area contributed by atoms with E-state index in [1.807, 2.05) is 36.4 Å². The summed E-state index contributed by atoms with van der Waals surface area (Å²) in [6.07, 6.45) is 8.84. The Kier molecular flexibility index (Phi) is 11.9. The fourth-order valence-electron chi connectivity index (χ4n) is 7.98. The average Bonchev–Trinajstić information content (AvgIpc) is 3.40. The molecule has 1 saturated heterocycles. The Labute approximate surface area is 317 Å². The molecule has 0 spiro atoms. The minimum Gasteiger partial charge on any atom is -0.444 e. The standard InChI is InChI=1S/C38H54N6O9S/c1-37(2,3)53-35(48)39-30-19-11-6-4-5-8-16-27-21-38(27,34(47)42-54(50,51)41-28-17-9-7-10-18-28)40-32(45)31-20-29(24-44(31)33(30)46)52-36(49)43-22-25-14-12-13-15-26(25)23-43/h8,12-16,27-31,41H,4-7,9-11,17-24H2,1-3H3,(H,39,48)(H,40,45)(H,42,47). The molecular formula is C38H54N6O9S. The molecule has 4 N–H and O–H groups in total. The summed E-state index contributed by atoms with van der Waals surface area (Å²) < 4.78 is 42.4. The number of benzene rings is 1. The first-order valence-electron chi connectivity index (χ1n) is 19.3. The van der Waals surface area contributed by atoms with E-state index in [1.54, 1.807) is 25.7 Å². The van der Waals surface area contributed by atoms with Crippen molar-refractivity contribution in [2.45, 2.75) is 146 Å². The molecule has 5 atom stereocenters. The number of allylic oxidation sites excluding steroid dienone is 1. The van der Waals surface area contributed by atoms with E-state index in [0.29, 0.717) is 38.8 Å². The van der Waals surface area contributed by atoms with Gasteiger partial charge in [-0.15, -0.1) is 0 Å². The summed E-state index contributed by atoms with van der Waals surface area (Å²) in [5.41, 5.74) is -0.383. The van der Waals surface area contributed by atoms with Crippen molar-refractivity contribution in [3.05, 3.63) is 47.5 Å². The average molecular weight is 771 g/mol. The molecule has 5 unspecified atom stereocenters. The predicted molar refractivity (Wildman–Crippen MR) is 198 cm³/mol. The molecule has 3 fully saturated rings. The van der Waals surface area contributed by atoms with Crippen LogP contribution in [0.15, 0.2) is 36.4 Å². The predicted octanol–water partition coefficient (Wildman–Crippen LogP) is 3.68. The van der Waals surface area contributed by atoms with E-state index in [9.17, 15) is 32.4 Å². The first kappa shape index (κ1) is 39.5. The van der Waals surface area contributed by atoms with Gasteiger partial charge in [-0.05, 0) is 70.4 Å². The van der Waals surface area contributed by atoms with Crippen LogP contribution in [0.2, 0.25) is 0 Å². The van der Waals surface area contributed by atoms with E-state index in [-0.39, 0.29) is 31.8 Å². The second-order valence-corrected chi connectivity index (χ2v) is 17.7. The Balaban J connectivity index is 1.23. The van der Waals surface area contributed by atoms with E-state index in [0.717, 1.165) is 43.2 Å². The molecule has 1 aromatic rings. The molecule has 3 heterocycles. The number of hydrogen-bond donors (Lipinski definition) is 4. The van der Waals surface area contributed by atoms with Crippen LogP contribution in [0.25, 0.3) is 0 Å². The molecule has 15 nitrogen and oxygen atoms in total. The molecule has 6 rings (SSSR count). The van der Waals surface area contributed by atoms with Crippen molar-refractivity contribution < 1.29 is 41.9 Å². The highest BCUT2D eigenvalue weighted by Gasteiger charge is 2.62. The molecule has 0 aromatic heterocycles. The molecule has 3 aliphatic heterocycles. The maximum atomic E-state index is 14.4. The van der Waals surface area contributed by atoms with Gasteiger partial charge in [-0.3, -0.25) is 19.3 Å². The number of amides is 5. The highest BCUT2D eigenvalue weighted by atomic mass is 32.2. The zero-order valence-electron chi connectivity index (χ0n) is 31.4. The van der Waals surface area contributed by atoms with Crippen molar-refractivity contribution in [1.82, 2.24) is 29.9 Å². The van der Waals surface area contributed by atoms with Crippen LogP contribution in [0.5, 0.6) is 0 Å². The number of nitrogens with one attached hydrogen (secondary N) is 4. The van der Waals surface area contributed by atoms with Crippen molar-refractivity contribution >= 4 is 40.1 Å². The minimum absolute atomic E-state index is 0.0665. The summed E-state index contributed by atoms with van der Waals surface area (Å²) in [6, 6.07) is 5.17. The van der Waals surface area contributed by atoms with Crippen molar-refractivity contribution in [2.24, 2.45) is 5.92 Å². The third-order valence-electron chi connectivity index (χ3n) is 10.9. The minimum atomic E-state index is -4.24. The zero-order chi connectivity index (χ0) is 38.7. The van der Waals surface area contributed by atoms with Gasteiger partial charge in [-0.1, -0.05) is 68.5 Å². The number of nitrogens with zero attached hydrogens (tertiary/aromatic N) is 2. The molecule has 296 valence electrons. The van der Waals surface area contributed by atoms with Crippen LogP contribution in [-0.4, -0.2) is 90.0 Å². The summed E-state index contributed by atoms with van der Waals surface area (Å²) in [7, 11) is -4.24. The largest absolute Gasteiger partial charge is 0.444 e. The van der Waals surface area contributed by atoms with Crippen LogP contribution in [0.3, 0.4) is 0 Å². The van der Waals surface area contributed by atoms with E-state index in [1.165, 1.54) is 4.90 Å². The molecule has 0 radical (unpaired) electrons. The SMILES string of the molecule is CC(C)(C)OC(=O)NC1CCCCCC=CC2CC2(C(=O)NS(=O)(=O)NC2CCCCC2)NC(=O)C2CC(OC(=O)N3Cc4ccccc4C3)CN2C1=O. The second-order valence-electron chi connectivity index (χ2n) is 16.3. The van der Waals surface area contributed by atoms with E-state index >= 15 is 0 Å². The summed E-state index contributed by atoms with van der Waals surface area (Å²) in [6.45, 7) is 5.74. The number of alkyl carbamates (subject to hydrolysis) is 1. The zero-order valence-corrected chi connectivity index (χ0v) is 32.3. The number of carbonyl (C=O) groups is 5. The van der Waals surface area contributed by atoms with Crippen LogP contribution < -0.4 is 20.1 Å². The Morgan fingerprint density at radius 3 is 2.30 bits per heavy atom. The number of rotatable bonds is 6. The molecule has 2 saturated carbocycles. The number of carbonyl (C=O) groups excluding carboxylic acids is 5. The lowest BCUT2D eigenvalue weighted by Crippen LogP contribution is -2.59. The highest BCUT2D eigenvalue weighted by molar-refractivity contribution is 7.88. The molecule has 2 aliphatic carbocycles. The van der Waals surface area contributed by atoms with Gasteiger partial charge in [0, 0.05) is 31.5 Å². The lowest BCUT2D eigenvalue weighted by molar-refractivity contribution is -0.141. The Morgan fingerprint density at radius 1 is 0.944 bits per heavy atom. The van der Waals surface area contributed by atoms with E-state index < -0.39 is 75.4 Å². The van der Waals surface area contributed by atoms with Crippen LogP contribution >= 0.6 is 0 Å². The highest BCUT2D eigenvalue weighted by Crippen LogP contribution is 2.46. The smallest absolute Gasteiger partial charge is 0.410 e. The van der Waals surface area contributed by atoms with Gasteiger partial charge in [-0.2, -0.15) is 13.1 Å². The van der Waals surface area contributed by atoms with Crippen molar-refractivity contribution in [3.63, 3.8) is 0 Å². The monoisotopic (exact) mass is 770 g/mol. The summed E-state index contributed by atoms with van der Waals surface area (Å²) in [4.78, 5) is 71.8. The van der Waals surface area contributed by atoms with Crippen LogP contribution in [0, 0.1) is 5.92 Å². The third kappa shape index (κ3) is 9.73. The fourth-order valence-corrected chi connectivity index (χ4v) is 9.14. The first-order chi connectivity index (χ1) is 25.6. The molecular weight excluding hydrogens is 717 g/mol. The Hall–Kier alpha value is -4.18. The fraction of sp³-hybridized carbons (Fsp3) is 0.658. The first-order valence-corrected chi connectivity index (χ1v) is 20.8. The van der Waals surface area contributed by atoms with Gasteiger partial charge in [0.05, 0.1) is 6.54 Å². The maximum absolute atomic E-state index is 14.4. The Morgan fingerprint density at radius 2 is 1.61 bits per heavy atom.